The smallest absolute Gasteiger partial charge is 0.318 e. The van der Waals surface area contributed by atoms with Gasteiger partial charge in [-0.1, -0.05) is 42.5 Å². The summed E-state index contributed by atoms with van der Waals surface area (Å²) in [6.45, 7) is 4.00. The molecule has 0 bridgehead atoms. The highest BCUT2D eigenvalue weighted by molar-refractivity contribution is 5.81. The number of aliphatic carboxylic acids is 1. The number of rotatable bonds is 7. The van der Waals surface area contributed by atoms with Crippen LogP contribution >= 0.6 is 0 Å². The first-order chi connectivity index (χ1) is 14.9. The monoisotopic (exact) mass is 421 g/mol. The van der Waals surface area contributed by atoms with Gasteiger partial charge in [-0.15, -0.1) is 0 Å². The first kappa shape index (κ1) is 21.1. The molecule has 4 rings (SSSR count). The zero-order chi connectivity index (χ0) is 22.0. The lowest BCUT2D eigenvalue weighted by Gasteiger charge is -2.20. The van der Waals surface area contributed by atoms with Gasteiger partial charge in [0.05, 0.1) is 30.4 Å². The van der Waals surface area contributed by atoms with Gasteiger partial charge in [-0.05, 0) is 31.9 Å². The number of allylic oxidation sites excluding steroid dienone is 2. The number of carbonyl (C=O) groups is 1. The van der Waals surface area contributed by atoms with E-state index in [1.54, 1.807) is 13.8 Å². The van der Waals surface area contributed by atoms with Gasteiger partial charge >= 0.3 is 12.0 Å². The van der Waals surface area contributed by atoms with Crippen molar-refractivity contribution in [1.82, 2.24) is 9.97 Å². The molecule has 2 aliphatic rings. The molecular weight excluding hydrogens is 394 g/mol. The van der Waals surface area contributed by atoms with Crippen LogP contribution < -0.4 is 10.1 Å². The second-order valence-electron chi connectivity index (χ2n) is 8.41. The van der Waals surface area contributed by atoms with Crippen LogP contribution in [0.15, 0.2) is 54.6 Å². The summed E-state index contributed by atoms with van der Waals surface area (Å²) in [6, 6.07) is 9.49. The van der Waals surface area contributed by atoms with E-state index in [-0.39, 0.29) is 18.2 Å². The van der Waals surface area contributed by atoms with Crippen molar-refractivity contribution in [2.45, 2.75) is 37.9 Å². The molecule has 0 amide bonds. The van der Waals surface area contributed by atoms with Crippen LogP contribution in [-0.4, -0.2) is 46.9 Å². The standard InChI is InChI=1S/C24H27N3O4/c1-24(2,22(28)29)17-9-6-8-15(11-17)19-13-21(27-23(26-19)30-3)25-14-18-12-16-7-4-5-10-20(16)31-18/h4-11,13,16,18,20H,12,14H2,1-3H3,(H,28,29)(H,25,26,27). The van der Waals surface area contributed by atoms with Crippen LogP contribution in [0.1, 0.15) is 25.8 Å². The molecule has 7 heteroatoms. The zero-order valence-corrected chi connectivity index (χ0v) is 17.9. The Hall–Kier alpha value is -3.19. The Kier molecular flexibility index (Phi) is 5.78. The minimum Gasteiger partial charge on any atom is -0.481 e. The van der Waals surface area contributed by atoms with Crippen molar-refractivity contribution in [2.24, 2.45) is 5.92 Å². The molecule has 7 nitrogen and oxygen atoms in total. The summed E-state index contributed by atoms with van der Waals surface area (Å²) in [6.07, 6.45) is 9.59. The summed E-state index contributed by atoms with van der Waals surface area (Å²) in [7, 11) is 1.52. The van der Waals surface area contributed by atoms with E-state index in [1.807, 2.05) is 36.4 Å². The third-order valence-corrected chi connectivity index (χ3v) is 5.89. The van der Waals surface area contributed by atoms with Gasteiger partial charge in [-0.25, -0.2) is 0 Å². The number of ether oxygens (including phenoxy) is 2. The Morgan fingerprint density at radius 2 is 2.06 bits per heavy atom. The van der Waals surface area contributed by atoms with E-state index in [0.717, 1.165) is 12.0 Å². The predicted octanol–water partition coefficient (Wildman–Crippen LogP) is 3.83. The van der Waals surface area contributed by atoms with Crippen molar-refractivity contribution in [3.8, 4) is 17.3 Å². The predicted molar refractivity (Wildman–Crippen MR) is 118 cm³/mol. The molecule has 3 atom stereocenters. The van der Waals surface area contributed by atoms with E-state index in [2.05, 4.69) is 33.5 Å². The number of aromatic nitrogens is 2. The largest absolute Gasteiger partial charge is 0.481 e. The van der Waals surface area contributed by atoms with Gasteiger partial charge < -0.3 is 19.9 Å². The molecule has 3 unspecified atom stereocenters. The van der Waals surface area contributed by atoms with Crippen molar-refractivity contribution >= 4 is 11.8 Å². The molecule has 1 aliphatic heterocycles. The summed E-state index contributed by atoms with van der Waals surface area (Å²) >= 11 is 0. The highest BCUT2D eigenvalue weighted by Gasteiger charge is 2.33. The van der Waals surface area contributed by atoms with Gasteiger partial charge in [0.2, 0.25) is 0 Å². The second kappa shape index (κ2) is 8.51. The lowest BCUT2D eigenvalue weighted by atomic mass is 9.84. The molecule has 1 aliphatic carbocycles. The molecule has 2 heterocycles. The maximum absolute atomic E-state index is 11.7. The molecule has 2 aromatic rings. The van der Waals surface area contributed by atoms with Crippen LogP contribution in [0.3, 0.4) is 0 Å². The first-order valence-electron chi connectivity index (χ1n) is 10.4. The lowest BCUT2D eigenvalue weighted by molar-refractivity contribution is -0.142. The average molecular weight is 421 g/mol. The zero-order valence-electron chi connectivity index (χ0n) is 17.9. The minimum absolute atomic E-state index is 0.0894. The number of methoxy groups -OCH3 is 1. The van der Waals surface area contributed by atoms with E-state index < -0.39 is 11.4 Å². The molecule has 1 saturated heterocycles. The number of hydrogen-bond acceptors (Lipinski definition) is 6. The van der Waals surface area contributed by atoms with Crippen molar-refractivity contribution in [3.05, 3.63) is 60.2 Å². The summed E-state index contributed by atoms with van der Waals surface area (Å²) in [5.74, 6) is 0.177. The maximum atomic E-state index is 11.7. The highest BCUT2D eigenvalue weighted by Crippen LogP contribution is 2.32. The topological polar surface area (TPSA) is 93.6 Å². The van der Waals surface area contributed by atoms with Crippen molar-refractivity contribution < 1.29 is 19.4 Å². The summed E-state index contributed by atoms with van der Waals surface area (Å²) < 4.78 is 11.4. The third-order valence-electron chi connectivity index (χ3n) is 5.89. The molecule has 1 aromatic heterocycles. The van der Waals surface area contributed by atoms with Gasteiger partial charge in [0.15, 0.2) is 0 Å². The molecule has 31 heavy (non-hydrogen) atoms. The Morgan fingerprint density at radius 1 is 1.26 bits per heavy atom. The average Bonchev–Trinajstić information content (AvgIpc) is 3.20. The van der Waals surface area contributed by atoms with Crippen LogP contribution in [-0.2, 0) is 14.9 Å². The van der Waals surface area contributed by atoms with E-state index in [4.69, 9.17) is 9.47 Å². The number of nitrogens with one attached hydrogen (secondary N) is 1. The first-order valence-corrected chi connectivity index (χ1v) is 10.4. The third kappa shape index (κ3) is 4.46. The number of hydrogen-bond donors (Lipinski definition) is 2. The van der Waals surface area contributed by atoms with Gasteiger partial charge in [0.1, 0.15) is 5.82 Å². The van der Waals surface area contributed by atoms with E-state index in [0.29, 0.717) is 29.5 Å². The Morgan fingerprint density at radius 3 is 2.81 bits per heavy atom. The van der Waals surface area contributed by atoms with Gasteiger partial charge in [-0.3, -0.25) is 4.79 Å². The van der Waals surface area contributed by atoms with E-state index >= 15 is 0 Å². The van der Waals surface area contributed by atoms with Crippen molar-refractivity contribution in [2.75, 3.05) is 19.0 Å². The Balaban J connectivity index is 1.54. The van der Waals surface area contributed by atoms with Crippen LogP contribution in [0.2, 0.25) is 0 Å². The summed E-state index contributed by atoms with van der Waals surface area (Å²) in [5.41, 5.74) is 1.15. The fourth-order valence-electron chi connectivity index (χ4n) is 3.87. The minimum atomic E-state index is -1.01. The maximum Gasteiger partial charge on any atom is 0.318 e. The van der Waals surface area contributed by atoms with Crippen LogP contribution in [0, 0.1) is 5.92 Å². The normalized spacial score (nSPS) is 22.2. The molecule has 162 valence electrons. The molecule has 2 N–H and O–H groups in total. The number of carboxylic acid groups (broad SMARTS) is 1. The summed E-state index contributed by atoms with van der Waals surface area (Å²) in [4.78, 5) is 20.5. The fraction of sp³-hybridized carbons (Fsp3) is 0.375. The molecule has 0 radical (unpaired) electrons. The number of nitrogens with zero attached hydrogens (tertiary/aromatic N) is 2. The fourth-order valence-corrected chi connectivity index (χ4v) is 3.87. The van der Waals surface area contributed by atoms with Crippen LogP contribution in [0.4, 0.5) is 5.82 Å². The lowest BCUT2D eigenvalue weighted by Crippen LogP contribution is -2.28. The van der Waals surface area contributed by atoms with Gasteiger partial charge in [0, 0.05) is 24.1 Å². The quantitative estimate of drug-likeness (QED) is 0.702. The van der Waals surface area contributed by atoms with Gasteiger partial charge in [0.25, 0.3) is 0 Å². The molecule has 1 fully saturated rings. The van der Waals surface area contributed by atoms with E-state index in [9.17, 15) is 9.90 Å². The highest BCUT2D eigenvalue weighted by atomic mass is 16.5. The molecule has 0 saturated carbocycles. The number of fused-ring (bicyclic) bond motifs is 1. The second-order valence-corrected chi connectivity index (χ2v) is 8.41. The SMILES string of the molecule is COc1nc(NCC2CC3C=CC=CC3O2)cc(-c2cccc(C(C)(C)C(=O)O)c2)n1. The molecule has 1 aromatic carbocycles. The Bertz CT molecular complexity index is 1010. The van der Waals surface area contributed by atoms with Crippen molar-refractivity contribution in [3.63, 3.8) is 0 Å². The van der Waals surface area contributed by atoms with Gasteiger partial charge in [-0.2, -0.15) is 9.97 Å². The van der Waals surface area contributed by atoms with Crippen molar-refractivity contribution in [1.29, 1.82) is 0 Å². The summed E-state index contributed by atoms with van der Waals surface area (Å²) in [5, 5.41) is 12.9. The van der Waals surface area contributed by atoms with Crippen LogP contribution in [0.5, 0.6) is 6.01 Å². The Labute approximate surface area is 181 Å². The molecule has 0 spiro atoms. The molecular formula is C24H27N3O4. The van der Waals surface area contributed by atoms with Crippen LogP contribution in [0.25, 0.3) is 11.3 Å². The number of benzene rings is 1. The number of anilines is 1. The van der Waals surface area contributed by atoms with E-state index in [1.165, 1.54) is 7.11 Å². The number of carboxylic acids is 1.